The minimum atomic E-state index is -1.10. The average Bonchev–Trinajstić information content (AvgIpc) is 2.93. The fourth-order valence-corrected chi connectivity index (χ4v) is 1.87. The van der Waals surface area contributed by atoms with Gasteiger partial charge >= 0.3 is 5.97 Å². The molecule has 128 valence electrons. The van der Waals surface area contributed by atoms with Crippen molar-refractivity contribution in [3.63, 3.8) is 0 Å². The highest BCUT2D eigenvalue weighted by atomic mass is 35.5. The van der Waals surface area contributed by atoms with Crippen molar-refractivity contribution in [1.82, 2.24) is 5.16 Å². The van der Waals surface area contributed by atoms with Crippen LogP contribution in [0.3, 0.4) is 0 Å². The smallest absolute Gasteiger partial charge is 0.345 e. The molecule has 0 aliphatic rings. The Morgan fingerprint density at radius 3 is 2.79 bits per heavy atom. The quantitative estimate of drug-likeness (QED) is 0.800. The van der Waals surface area contributed by atoms with E-state index in [2.05, 4.69) is 10.5 Å². The minimum Gasteiger partial charge on any atom is -0.463 e. The summed E-state index contributed by atoms with van der Waals surface area (Å²) in [6.07, 6.45) is -1.10. The van der Waals surface area contributed by atoms with Crippen molar-refractivity contribution in [3.8, 4) is 5.88 Å². The molecule has 1 aromatic carbocycles. The number of ether oxygens (including phenoxy) is 2. The van der Waals surface area contributed by atoms with Crippen molar-refractivity contribution in [3.05, 3.63) is 40.9 Å². The number of carbonyl (C=O) groups is 2. The third-order valence-corrected chi connectivity index (χ3v) is 3.12. The molecule has 24 heavy (non-hydrogen) atoms. The minimum absolute atomic E-state index is 0.0339. The van der Waals surface area contributed by atoms with Gasteiger partial charge in [-0.15, -0.1) is 0 Å². The predicted molar refractivity (Wildman–Crippen MR) is 82.3 cm³/mol. The Bertz CT molecular complexity index is 749. The van der Waals surface area contributed by atoms with E-state index in [1.807, 2.05) is 0 Å². The zero-order valence-corrected chi connectivity index (χ0v) is 13.6. The third-order valence-electron chi connectivity index (χ3n) is 2.81. The maximum absolute atomic E-state index is 12.9. The standard InChI is InChI=1S/C15H14ClFN2O5/c1-8-5-13(19-24-8)22-7-14(20)23-9(2)15(21)18-12-4-3-10(17)6-11(12)16/h3-6,9H,7H2,1-2H3,(H,18,21)/t9-/m1/s1. The van der Waals surface area contributed by atoms with Crippen LogP contribution in [0.5, 0.6) is 5.88 Å². The molecule has 1 N–H and O–H groups in total. The van der Waals surface area contributed by atoms with E-state index in [1.165, 1.54) is 19.1 Å². The van der Waals surface area contributed by atoms with E-state index in [1.54, 1.807) is 6.92 Å². The van der Waals surface area contributed by atoms with Crippen LogP contribution < -0.4 is 10.1 Å². The van der Waals surface area contributed by atoms with E-state index in [0.717, 1.165) is 12.1 Å². The molecule has 9 heteroatoms. The van der Waals surface area contributed by atoms with Crippen molar-refractivity contribution in [2.75, 3.05) is 11.9 Å². The normalized spacial score (nSPS) is 11.7. The first-order valence-corrected chi connectivity index (χ1v) is 7.24. The highest BCUT2D eigenvalue weighted by Gasteiger charge is 2.19. The van der Waals surface area contributed by atoms with Crippen LogP contribution in [-0.2, 0) is 14.3 Å². The number of carbonyl (C=O) groups excluding carboxylic acids is 2. The van der Waals surface area contributed by atoms with Gasteiger partial charge in [0.05, 0.1) is 10.7 Å². The molecule has 0 aliphatic heterocycles. The fraction of sp³-hybridized carbons (Fsp3) is 0.267. The number of aromatic nitrogens is 1. The van der Waals surface area contributed by atoms with E-state index < -0.39 is 30.4 Å². The van der Waals surface area contributed by atoms with Crippen molar-refractivity contribution in [2.24, 2.45) is 0 Å². The zero-order chi connectivity index (χ0) is 17.7. The Hall–Kier alpha value is -2.61. The first kappa shape index (κ1) is 17.7. The molecular formula is C15H14ClFN2O5. The first-order valence-electron chi connectivity index (χ1n) is 6.86. The summed E-state index contributed by atoms with van der Waals surface area (Å²) in [5, 5.41) is 6.02. The molecule has 0 unspecified atom stereocenters. The van der Waals surface area contributed by atoms with Crippen LogP contribution in [0.1, 0.15) is 12.7 Å². The maximum Gasteiger partial charge on any atom is 0.345 e. The molecule has 0 saturated heterocycles. The summed E-state index contributed by atoms with van der Waals surface area (Å²) in [6.45, 7) is 2.62. The molecule has 2 rings (SSSR count). The lowest BCUT2D eigenvalue weighted by molar-refractivity contribution is -0.155. The molecule has 0 radical (unpaired) electrons. The van der Waals surface area contributed by atoms with Gasteiger partial charge in [0.1, 0.15) is 11.6 Å². The van der Waals surface area contributed by atoms with Crippen LogP contribution in [0.15, 0.2) is 28.8 Å². The number of halogens is 2. The summed E-state index contributed by atoms with van der Waals surface area (Å²) in [5.41, 5.74) is 0.209. The van der Waals surface area contributed by atoms with Gasteiger partial charge in [-0.2, -0.15) is 0 Å². The average molecular weight is 357 g/mol. The summed E-state index contributed by atoms with van der Waals surface area (Å²) in [7, 11) is 0. The molecule has 0 fully saturated rings. The lowest BCUT2D eigenvalue weighted by Gasteiger charge is -2.14. The second-order valence-corrected chi connectivity index (χ2v) is 5.22. The monoisotopic (exact) mass is 356 g/mol. The van der Waals surface area contributed by atoms with Crippen LogP contribution in [0.2, 0.25) is 5.02 Å². The van der Waals surface area contributed by atoms with Crippen molar-refractivity contribution >= 4 is 29.2 Å². The van der Waals surface area contributed by atoms with E-state index in [4.69, 9.17) is 25.6 Å². The molecule has 1 heterocycles. The second kappa shape index (κ2) is 7.78. The number of hydrogen-bond donors (Lipinski definition) is 1. The third kappa shape index (κ3) is 4.95. The Morgan fingerprint density at radius 2 is 2.17 bits per heavy atom. The Labute approximate surface area is 141 Å². The molecule has 0 spiro atoms. The van der Waals surface area contributed by atoms with Gasteiger partial charge in [-0.25, -0.2) is 9.18 Å². The fourth-order valence-electron chi connectivity index (χ4n) is 1.65. The van der Waals surface area contributed by atoms with Gasteiger partial charge in [-0.05, 0) is 37.2 Å². The first-order chi connectivity index (χ1) is 11.3. The van der Waals surface area contributed by atoms with Gasteiger partial charge in [0.2, 0.25) is 0 Å². The van der Waals surface area contributed by atoms with Crippen LogP contribution in [0.4, 0.5) is 10.1 Å². The van der Waals surface area contributed by atoms with Gasteiger partial charge in [-0.3, -0.25) is 4.79 Å². The molecule has 0 bridgehead atoms. The van der Waals surface area contributed by atoms with E-state index in [9.17, 15) is 14.0 Å². The second-order valence-electron chi connectivity index (χ2n) is 4.81. The number of anilines is 1. The molecule has 1 atom stereocenters. The Kier molecular flexibility index (Phi) is 5.75. The summed E-state index contributed by atoms with van der Waals surface area (Å²) in [5.74, 6) is -1.24. The van der Waals surface area contributed by atoms with Gasteiger partial charge in [0.15, 0.2) is 12.7 Å². The van der Waals surface area contributed by atoms with Crippen molar-refractivity contribution in [2.45, 2.75) is 20.0 Å². The molecular weight excluding hydrogens is 343 g/mol. The number of esters is 1. The SMILES string of the molecule is Cc1cc(OCC(=O)O[C@H](C)C(=O)Nc2ccc(F)cc2Cl)no1. The lowest BCUT2D eigenvalue weighted by atomic mass is 10.3. The van der Waals surface area contributed by atoms with Crippen molar-refractivity contribution < 1.29 is 28.0 Å². The summed E-state index contributed by atoms with van der Waals surface area (Å²) >= 11 is 5.81. The molecule has 0 saturated carbocycles. The highest BCUT2D eigenvalue weighted by molar-refractivity contribution is 6.33. The van der Waals surface area contributed by atoms with Crippen LogP contribution in [0, 0.1) is 12.7 Å². The number of amides is 1. The van der Waals surface area contributed by atoms with Crippen LogP contribution >= 0.6 is 11.6 Å². The number of aryl methyl sites for hydroxylation is 1. The van der Waals surface area contributed by atoms with Gasteiger partial charge in [0, 0.05) is 6.07 Å². The number of nitrogens with one attached hydrogen (secondary N) is 1. The highest BCUT2D eigenvalue weighted by Crippen LogP contribution is 2.22. The van der Waals surface area contributed by atoms with E-state index in [-0.39, 0.29) is 16.6 Å². The molecule has 0 aliphatic carbocycles. The zero-order valence-electron chi connectivity index (χ0n) is 12.8. The molecule has 1 amide bonds. The van der Waals surface area contributed by atoms with Crippen molar-refractivity contribution in [1.29, 1.82) is 0 Å². The predicted octanol–water partition coefficient (Wildman–Crippen LogP) is 2.72. The number of benzene rings is 1. The van der Waals surface area contributed by atoms with Crippen LogP contribution in [-0.4, -0.2) is 29.7 Å². The van der Waals surface area contributed by atoms with E-state index >= 15 is 0 Å². The van der Waals surface area contributed by atoms with Crippen LogP contribution in [0.25, 0.3) is 0 Å². The molecule has 2 aromatic rings. The molecule has 1 aromatic heterocycles. The lowest BCUT2D eigenvalue weighted by Crippen LogP contribution is -2.31. The van der Waals surface area contributed by atoms with Gasteiger partial charge in [-0.1, -0.05) is 11.6 Å². The van der Waals surface area contributed by atoms with Gasteiger partial charge < -0.3 is 19.3 Å². The maximum atomic E-state index is 12.9. The summed E-state index contributed by atoms with van der Waals surface area (Å²) in [4.78, 5) is 23.6. The topological polar surface area (TPSA) is 90.7 Å². The number of hydrogen-bond acceptors (Lipinski definition) is 6. The Balaban J connectivity index is 1.83. The number of nitrogens with zero attached hydrogens (tertiary/aromatic N) is 1. The number of rotatable bonds is 6. The molecule has 7 nitrogen and oxygen atoms in total. The largest absolute Gasteiger partial charge is 0.463 e. The van der Waals surface area contributed by atoms with E-state index in [0.29, 0.717) is 5.76 Å². The summed E-state index contributed by atoms with van der Waals surface area (Å²) in [6, 6.07) is 5.01. The summed E-state index contributed by atoms with van der Waals surface area (Å²) < 4.78 is 27.7. The van der Waals surface area contributed by atoms with Gasteiger partial charge in [0.25, 0.3) is 11.8 Å². The Morgan fingerprint density at radius 1 is 1.42 bits per heavy atom.